The predicted octanol–water partition coefficient (Wildman–Crippen LogP) is 1.50. The number of nitrogens with zero attached hydrogens (tertiary/aromatic N) is 4. The van der Waals surface area contributed by atoms with Crippen LogP contribution in [-0.4, -0.2) is 39.5 Å². The summed E-state index contributed by atoms with van der Waals surface area (Å²) >= 11 is 0. The minimum absolute atomic E-state index is 0.698. The van der Waals surface area contributed by atoms with E-state index in [0.29, 0.717) is 5.92 Å². The molecule has 1 aliphatic heterocycles. The molecule has 3 heterocycles. The van der Waals surface area contributed by atoms with E-state index in [1.165, 1.54) is 6.33 Å². The van der Waals surface area contributed by atoms with Gasteiger partial charge in [0.25, 0.3) is 0 Å². The fourth-order valence-corrected chi connectivity index (χ4v) is 2.17. The van der Waals surface area contributed by atoms with Crippen LogP contribution < -0.4 is 5.32 Å². The van der Waals surface area contributed by atoms with E-state index in [9.17, 15) is 0 Å². The van der Waals surface area contributed by atoms with E-state index in [-0.39, 0.29) is 0 Å². The van der Waals surface area contributed by atoms with Crippen molar-refractivity contribution in [2.24, 2.45) is 5.92 Å². The van der Waals surface area contributed by atoms with E-state index >= 15 is 0 Å². The van der Waals surface area contributed by atoms with Crippen molar-refractivity contribution in [1.29, 1.82) is 0 Å². The lowest BCUT2D eigenvalue weighted by Crippen LogP contribution is -2.22. The molecule has 1 saturated heterocycles. The molecule has 1 fully saturated rings. The lowest BCUT2D eigenvalue weighted by molar-refractivity contribution is 0.0699. The first-order chi connectivity index (χ1) is 9.42. The van der Waals surface area contributed by atoms with Crippen LogP contribution in [0.2, 0.25) is 0 Å². The van der Waals surface area contributed by atoms with Crippen LogP contribution in [0.25, 0.3) is 5.82 Å². The Morgan fingerprint density at radius 1 is 1.32 bits per heavy atom. The summed E-state index contributed by atoms with van der Waals surface area (Å²) in [6.45, 7) is 2.75. The molecule has 3 rings (SSSR count). The molecule has 0 amide bonds. The standard InChI is InChI=1S/C13H17N5O/c1-2-13(18-10-14-9-17-18)16-8-12(1)15-7-11-3-5-19-6-4-11/h1-2,8-11,15H,3-7H2. The number of ether oxygens (including phenoxy) is 1. The van der Waals surface area contributed by atoms with E-state index < -0.39 is 0 Å². The summed E-state index contributed by atoms with van der Waals surface area (Å²) in [6.07, 6.45) is 7.24. The Morgan fingerprint density at radius 3 is 2.89 bits per heavy atom. The van der Waals surface area contributed by atoms with Crippen LogP contribution in [0.1, 0.15) is 12.8 Å². The van der Waals surface area contributed by atoms with Crippen molar-refractivity contribution in [3.63, 3.8) is 0 Å². The van der Waals surface area contributed by atoms with Crippen LogP contribution in [0.3, 0.4) is 0 Å². The van der Waals surface area contributed by atoms with Gasteiger partial charge in [0.2, 0.25) is 0 Å². The SMILES string of the molecule is c1ncn(-c2ccc(NCC3CCOCC3)cn2)n1. The molecular weight excluding hydrogens is 242 g/mol. The summed E-state index contributed by atoms with van der Waals surface area (Å²) in [7, 11) is 0. The Morgan fingerprint density at radius 2 is 2.21 bits per heavy atom. The van der Waals surface area contributed by atoms with Crippen LogP contribution in [0, 0.1) is 5.92 Å². The first-order valence-corrected chi connectivity index (χ1v) is 6.54. The molecule has 0 unspecified atom stereocenters. The molecule has 0 atom stereocenters. The molecule has 0 radical (unpaired) electrons. The minimum atomic E-state index is 0.698. The van der Waals surface area contributed by atoms with Crippen molar-refractivity contribution in [1.82, 2.24) is 19.7 Å². The molecule has 0 saturated carbocycles. The van der Waals surface area contributed by atoms with Crippen molar-refractivity contribution < 1.29 is 4.74 Å². The smallest absolute Gasteiger partial charge is 0.155 e. The quantitative estimate of drug-likeness (QED) is 0.901. The Kier molecular flexibility index (Phi) is 3.69. The van der Waals surface area contributed by atoms with E-state index in [2.05, 4.69) is 20.4 Å². The first kappa shape index (κ1) is 12.1. The summed E-state index contributed by atoms with van der Waals surface area (Å²) < 4.78 is 6.99. The number of pyridine rings is 1. The van der Waals surface area contributed by atoms with Gasteiger partial charge in [-0.25, -0.2) is 14.6 Å². The largest absolute Gasteiger partial charge is 0.384 e. The lowest BCUT2D eigenvalue weighted by atomic mass is 10.0. The number of rotatable bonds is 4. The van der Waals surface area contributed by atoms with Crippen molar-refractivity contribution >= 4 is 5.69 Å². The fraction of sp³-hybridized carbons (Fsp3) is 0.462. The van der Waals surface area contributed by atoms with Gasteiger partial charge < -0.3 is 10.1 Å². The molecule has 100 valence electrons. The van der Waals surface area contributed by atoms with Crippen molar-refractivity contribution in [3.05, 3.63) is 31.0 Å². The van der Waals surface area contributed by atoms with E-state index in [1.807, 2.05) is 18.3 Å². The van der Waals surface area contributed by atoms with Crippen LogP contribution >= 0.6 is 0 Å². The van der Waals surface area contributed by atoms with Gasteiger partial charge in [-0.1, -0.05) is 0 Å². The normalized spacial score (nSPS) is 16.4. The highest BCUT2D eigenvalue weighted by molar-refractivity contribution is 5.43. The first-order valence-electron chi connectivity index (χ1n) is 6.54. The number of aromatic nitrogens is 4. The van der Waals surface area contributed by atoms with E-state index in [0.717, 1.165) is 44.1 Å². The Balaban J connectivity index is 1.57. The molecule has 1 aliphatic rings. The third-order valence-electron chi connectivity index (χ3n) is 3.34. The van der Waals surface area contributed by atoms with Crippen molar-refractivity contribution in [2.45, 2.75) is 12.8 Å². The second-order valence-electron chi connectivity index (χ2n) is 4.68. The van der Waals surface area contributed by atoms with E-state index in [1.54, 1.807) is 11.0 Å². The monoisotopic (exact) mass is 259 g/mol. The molecule has 0 bridgehead atoms. The van der Waals surface area contributed by atoms with Crippen molar-refractivity contribution in [3.8, 4) is 5.82 Å². The maximum atomic E-state index is 5.35. The third-order valence-corrected chi connectivity index (χ3v) is 3.34. The maximum Gasteiger partial charge on any atom is 0.155 e. The summed E-state index contributed by atoms with van der Waals surface area (Å²) in [6, 6.07) is 3.95. The molecule has 19 heavy (non-hydrogen) atoms. The zero-order valence-corrected chi connectivity index (χ0v) is 10.7. The van der Waals surface area contributed by atoms with Gasteiger partial charge in [0, 0.05) is 19.8 Å². The summed E-state index contributed by atoms with van der Waals surface area (Å²) in [5.41, 5.74) is 1.04. The molecule has 0 aliphatic carbocycles. The zero-order valence-electron chi connectivity index (χ0n) is 10.7. The molecule has 1 N–H and O–H groups in total. The van der Waals surface area contributed by atoms with Gasteiger partial charge in [-0.3, -0.25) is 0 Å². The summed E-state index contributed by atoms with van der Waals surface area (Å²) in [4.78, 5) is 8.26. The Hall–Kier alpha value is -1.95. The predicted molar refractivity (Wildman–Crippen MR) is 71.2 cm³/mol. The molecule has 2 aromatic rings. The maximum absolute atomic E-state index is 5.35. The zero-order chi connectivity index (χ0) is 12.9. The van der Waals surface area contributed by atoms with Gasteiger partial charge in [0.05, 0.1) is 11.9 Å². The average molecular weight is 259 g/mol. The van der Waals surface area contributed by atoms with Gasteiger partial charge in [-0.2, -0.15) is 5.10 Å². The lowest BCUT2D eigenvalue weighted by Gasteiger charge is -2.22. The second kappa shape index (κ2) is 5.79. The number of hydrogen-bond acceptors (Lipinski definition) is 5. The number of hydrogen-bond donors (Lipinski definition) is 1. The van der Waals surface area contributed by atoms with Gasteiger partial charge in [0.1, 0.15) is 12.7 Å². The minimum Gasteiger partial charge on any atom is -0.384 e. The van der Waals surface area contributed by atoms with Gasteiger partial charge in [0.15, 0.2) is 5.82 Å². The fourth-order valence-electron chi connectivity index (χ4n) is 2.17. The van der Waals surface area contributed by atoms with Crippen molar-refractivity contribution in [2.75, 3.05) is 25.1 Å². The second-order valence-corrected chi connectivity index (χ2v) is 4.68. The van der Waals surface area contributed by atoms with E-state index in [4.69, 9.17) is 4.74 Å². The van der Waals surface area contributed by atoms with Gasteiger partial charge in [-0.15, -0.1) is 0 Å². The average Bonchev–Trinajstić information content (AvgIpc) is 3.01. The number of anilines is 1. The highest BCUT2D eigenvalue weighted by atomic mass is 16.5. The molecule has 0 spiro atoms. The van der Waals surface area contributed by atoms with Crippen LogP contribution in [0.15, 0.2) is 31.0 Å². The van der Waals surface area contributed by atoms with Crippen LogP contribution in [0.5, 0.6) is 0 Å². The summed E-state index contributed by atoms with van der Waals surface area (Å²) in [5.74, 6) is 1.47. The van der Waals surface area contributed by atoms with Crippen LogP contribution in [-0.2, 0) is 4.74 Å². The van der Waals surface area contributed by atoms with Crippen LogP contribution in [0.4, 0.5) is 5.69 Å². The highest BCUT2D eigenvalue weighted by Gasteiger charge is 2.13. The highest BCUT2D eigenvalue weighted by Crippen LogP contribution is 2.16. The topological polar surface area (TPSA) is 64.9 Å². The molecule has 6 nitrogen and oxygen atoms in total. The molecular formula is C13H17N5O. The molecule has 6 heteroatoms. The Labute approximate surface area is 111 Å². The Bertz CT molecular complexity index is 490. The third kappa shape index (κ3) is 3.08. The molecule has 0 aromatic carbocycles. The number of nitrogens with one attached hydrogen (secondary N) is 1. The molecule has 2 aromatic heterocycles. The van der Waals surface area contributed by atoms with Gasteiger partial charge >= 0.3 is 0 Å². The summed E-state index contributed by atoms with van der Waals surface area (Å²) in [5, 5.41) is 7.47. The van der Waals surface area contributed by atoms with Gasteiger partial charge in [-0.05, 0) is 30.9 Å².